The highest BCUT2D eigenvalue weighted by atomic mass is 35.5. The molecule has 0 aromatic heterocycles. The van der Waals surface area contributed by atoms with E-state index in [1.165, 1.54) is 17.2 Å². The lowest BCUT2D eigenvalue weighted by atomic mass is 9.76. The lowest BCUT2D eigenvalue weighted by Crippen LogP contribution is -2.38. The lowest BCUT2D eigenvalue weighted by molar-refractivity contribution is 0.0330. The summed E-state index contributed by atoms with van der Waals surface area (Å²) in [5.41, 5.74) is 7.95. The topological polar surface area (TPSA) is 46.2 Å². The van der Waals surface area contributed by atoms with Gasteiger partial charge in [-0.3, -0.25) is 0 Å². The van der Waals surface area contributed by atoms with Gasteiger partial charge in [-0.1, -0.05) is 48.0 Å². The fourth-order valence-electron chi connectivity index (χ4n) is 3.23. The minimum atomic E-state index is -0.978. The number of benzene rings is 2. The number of nitrogens with two attached hydrogens (primary N) is 1. The third-order valence-electron chi connectivity index (χ3n) is 4.47. The second-order valence-electron chi connectivity index (χ2n) is 5.73. The van der Waals surface area contributed by atoms with E-state index in [2.05, 4.69) is 0 Å². The summed E-state index contributed by atoms with van der Waals surface area (Å²) in [5.74, 6) is -0.560. The molecule has 0 heterocycles. The molecule has 0 saturated carbocycles. The summed E-state index contributed by atoms with van der Waals surface area (Å²) in [6, 6.07) is 12.7. The van der Waals surface area contributed by atoms with Crippen LogP contribution in [0.25, 0.3) is 0 Å². The number of rotatable bonds is 3. The molecule has 0 radical (unpaired) electrons. The number of aliphatic hydroxyl groups excluding tert-OH is 1. The Bertz CT molecular complexity index is 649. The normalized spacial score (nSPS) is 17.5. The van der Waals surface area contributed by atoms with Crippen molar-refractivity contribution in [1.29, 1.82) is 0 Å². The standard InChI is InChI=1S/C17H17ClFNO/c18-14-7-3-6-13(15(14)19)16(21)17(10-20)8-11-4-1-2-5-12(11)9-17/h1-7,16,21H,8-10,20H2. The molecular weight excluding hydrogens is 289 g/mol. The molecule has 0 bridgehead atoms. The Morgan fingerprint density at radius 1 is 1.14 bits per heavy atom. The second kappa shape index (κ2) is 5.41. The first kappa shape index (κ1) is 14.5. The Balaban J connectivity index is 2.00. The molecule has 110 valence electrons. The summed E-state index contributed by atoms with van der Waals surface area (Å²) in [6.07, 6.45) is 0.313. The fourth-order valence-corrected chi connectivity index (χ4v) is 3.42. The molecule has 0 spiro atoms. The van der Waals surface area contributed by atoms with Crippen molar-refractivity contribution in [2.45, 2.75) is 18.9 Å². The van der Waals surface area contributed by atoms with E-state index in [1.807, 2.05) is 24.3 Å². The highest BCUT2D eigenvalue weighted by Gasteiger charge is 2.43. The summed E-state index contributed by atoms with van der Waals surface area (Å²) in [5, 5.41) is 10.8. The number of hydrogen-bond donors (Lipinski definition) is 2. The highest BCUT2D eigenvalue weighted by molar-refractivity contribution is 6.30. The Labute approximate surface area is 128 Å². The van der Waals surface area contributed by atoms with Gasteiger partial charge in [0.05, 0.1) is 11.1 Å². The maximum absolute atomic E-state index is 14.2. The van der Waals surface area contributed by atoms with E-state index in [0.29, 0.717) is 12.8 Å². The number of hydrogen-bond acceptors (Lipinski definition) is 2. The van der Waals surface area contributed by atoms with Crippen LogP contribution in [0.4, 0.5) is 4.39 Å². The molecule has 0 saturated heterocycles. The summed E-state index contributed by atoms with van der Waals surface area (Å²) >= 11 is 5.82. The van der Waals surface area contributed by atoms with Crippen molar-refractivity contribution in [2.24, 2.45) is 11.1 Å². The Morgan fingerprint density at radius 2 is 1.76 bits per heavy atom. The van der Waals surface area contributed by atoms with Crippen molar-refractivity contribution in [3.63, 3.8) is 0 Å². The lowest BCUT2D eigenvalue weighted by Gasteiger charge is -2.33. The van der Waals surface area contributed by atoms with Crippen LogP contribution in [0.2, 0.25) is 5.02 Å². The molecule has 2 aromatic carbocycles. The predicted molar refractivity (Wildman–Crippen MR) is 81.7 cm³/mol. The van der Waals surface area contributed by atoms with Crippen LogP contribution in [0, 0.1) is 11.2 Å². The molecule has 4 heteroatoms. The van der Waals surface area contributed by atoms with Crippen LogP contribution in [0.15, 0.2) is 42.5 Å². The van der Waals surface area contributed by atoms with Crippen molar-refractivity contribution < 1.29 is 9.50 Å². The smallest absolute Gasteiger partial charge is 0.147 e. The van der Waals surface area contributed by atoms with Gasteiger partial charge in [-0.25, -0.2) is 4.39 Å². The van der Waals surface area contributed by atoms with Crippen molar-refractivity contribution in [2.75, 3.05) is 6.54 Å². The zero-order chi connectivity index (χ0) is 15.0. The number of halogens is 2. The van der Waals surface area contributed by atoms with Gasteiger partial charge in [-0.2, -0.15) is 0 Å². The first-order chi connectivity index (χ1) is 10.1. The SMILES string of the molecule is NCC1(C(O)c2cccc(Cl)c2F)Cc2ccccc2C1. The Kier molecular flexibility index (Phi) is 3.74. The number of fused-ring (bicyclic) bond motifs is 1. The molecule has 0 aliphatic heterocycles. The molecular formula is C17H17ClFNO. The van der Waals surface area contributed by atoms with Crippen LogP contribution >= 0.6 is 11.6 Å². The zero-order valence-electron chi connectivity index (χ0n) is 11.5. The second-order valence-corrected chi connectivity index (χ2v) is 6.14. The van der Waals surface area contributed by atoms with Crippen molar-refractivity contribution in [3.05, 3.63) is 70.0 Å². The van der Waals surface area contributed by atoms with Crippen LogP contribution in [0.3, 0.4) is 0 Å². The molecule has 2 nitrogen and oxygen atoms in total. The van der Waals surface area contributed by atoms with Crippen LogP contribution in [-0.2, 0) is 12.8 Å². The Morgan fingerprint density at radius 3 is 2.33 bits per heavy atom. The average Bonchev–Trinajstić information content (AvgIpc) is 2.89. The molecule has 21 heavy (non-hydrogen) atoms. The third kappa shape index (κ3) is 2.35. The van der Waals surface area contributed by atoms with Gasteiger partial charge in [0.25, 0.3) is 0 Å². The molecule has 0 fully saturated rings. The first-order valence-corrected chi connectivity index (χ1v) is 7.34. The molecule has 1 aliphatic rings. The van der Waals surface area contributed by atoms with E-state index < -0.39 is 17.3 Å². The average molecular weight is 306 g/mol. The fraction of sp³-hybridized carbons (Fsp3) is 0.294. The van der Waals surface area contributed by atoms with Gasteiger partial charge in [-0.15, -0.1) is 0 Å². The minimum absolute atomic E-state index is 0.0224. The van der Waals surface area contributed by atoms with E-state index >= 15 is 0 Å². The van der Waals surface area contributed by atoms with Gasteiger partial charge in [0, 0.05) is 17.5 Å². The molecule has 3 N–H and O–H groups in total. The molecule has 2 aromatic rings. The van der Waals surface area contributed by atoms with Gasteiger partial charge in [-0.05, 0) is 30.0 Å². The summed E-state index contributed by atoms with van der Waals surface area (Å²) in [6.45, 7) is 0.287. The van der Waals surface area contributed by atoms with Gasteiger partial charge < -0.3 is 10.8 Å². The van der Waals surface area contributed by atoms with E-state index in [9.17, 15) is 9.50 Å². The van der Waals surface area contributed by atoms with Gasteiger partial charge in [0.15, 0.2) is 0 Å². The first-order valence-electron chi connectivity index (χ1n) is 6.96. The Hall–Kier alpha value is -1.42. The molecule has 0 amide bonds. The molecule has 1 unspecified atom stereocenters. The van der Waals surface area contributed by atoms with Crippen LogP contribution in [-0.4, -0.2) is 11.7 Å². The van der Waals surface area contributed by atoms with Gasteiger partial charge in [0.2, 0.25) is 0 Å². The molecule has 3 rings (SSSR count). The summed E-state index contributed by atoms with van der Waals surface area (Å²) in [7, 11) is 0. The van der Waals surface area contributed by atoms with Crippen molar-refractivity contribution >= 4 is 11.6 Å². The van der Waals surface area contributed by atoms with Crippen LogP contribution in [0.5, 0.6) is 0 Å². The minimum Gasteiger partial charge on any atom is -0.388 e. The monoisotopic (exact) mass is 305 g/mol. The summed E-state index contributed by atoms with van der Waals surface area (Å²) < 4.78 is 14.2. The van der Waals surface area contributed by atoms with E-state index in [-0.39, 0.29) is 17.1 Å². The van der Waals surface area contributed by atoms with Gasteiger partial charge in [0.1, 0.15) is 5.82 Å². The highest BCUT2D eigenvalue weighted by Crippen LogP contribution is 2.46. The van der Waals surface area contributed by atoms with E-state index in [1.54, 1.807) is 12.1 Å². The number of aliphatic hydroxyl groups is 1. The third-order valence-corrected chi connectivity index (χ3v) is 4.76. The zero-order valence-corrected chi connectivity index (χ0v) is 12.3. The quantitative estimate of drug-likeness (QED) is 0.914. The summed E-state index contributed by atoms with van der Waals surface area (Å²) in [4.78, 5) is 0. The predicted octanol–water partition coefficient (Wildman–Crippen LogP) is 3.26. The molecule has 1 aliphatic carbocycles. The van der Waals surface area contributed by atoms with Crippen LogP contribution < -0.4 is 5.73 Å². The van der Waals surface area contributed by atoms with E-state index in [0.717, 1.165) is 0 Å². The maximum Gasteiger partial charge on any atom is 0.147 e. The van der Waals surface area contributed by atoms with Crippen molar-refractivity contribution in [1.82, 2.24) is 0 Å². The van der Waals surface area contributed by atoms with E-state index in [4.69, 9.17) is 17.3 Å². The van der Waals surface area contributed by atoms with Crippen molar-refractivity contribution in [3.8, 4) is 0 Å². The molecule has 1 atom stereocenters. The largest absolute Gasteiger partial charge is 0.388 e. The van der Waals surface area contributed by atoms with Gasteiger partial charge >= 0.3 is 0 Å². The maximum atomic E-state index is 14.2. The van der Waals surface area contributed by atoms with Crippen LogP contribution in [0.1, 0.15) is 22.8 Å².